The van der Waals surface area contributed by atoms with E-state index in [0.717, 1.165) is 25.9 Å². The molecule has 0 bridgehead atoms. The molecule has 1 unspecified atom stereocenters. The second kappa shape index (κ2) is 7.20. The van der Waals surface area contributed by atoms with Gasteiger partial charge < -0.3 is 10.4 Å². The van der Waals surface area contributed by atoms with Crippen LogP contribution in [0.1, 0.15) is 40.5 Å². The molecule has 3 nitrogen and oxygen atoms in total. The van der Waals surface area contributed by atoms with E-state index < -0.39 is 0 Å². The summed E-state index contributed by atoms with van der Waals surface area (Å²) in [5, 5.41) is 12.4. The fraction of sp³-hybridized carbons (Fsp3) is 1.00. The van der Waals surface area contributed by atoms with Crippen LogP contribution in [0.4, 0.5) is 0 Å². The molecule has 15 heavy (non-hydrogen) atoms. The van der Waals surface area contributed by atoms with Crippen molar-refractivity contribution < 1.29 is 5.11 Å². The van der Waals surface area contributed by atoms with Crippen molar-refractivity contribution in [3.05, 3.63) is 0 Å². The molecule has 0 rings (SSSR count). The zero-order chi connectivity index (χ0) is 11.9. The van der Waals surface area contributed by atoms with Crippen LogP contribution in [0.15, 0.2) is 0 Å². The molecule has 0 aromatic heterocycles. The van der Waals surface area contributed by atoms with Crippen LogP contribution < -0.4 is 5.32 Å². The molecular formula is C12H28N2O. The molecule has 0 fully saturated rings. The summed E-state index contributed by atoms with van der Waals surface area (Å²) in [6.07, 6.45) is 1.97. The van der Waals surface area contributed by atoms with Crippen LogP contribution in [0.3, 0.4) is 0 Å². The number of aliphatic hydroxyl groups excluding tert-OH is 1. The molecule has 0 amide bonds. The van der Waals surface area contributed by atoms with Crippen molar-refractivity contribution in [1.82, 2.24) is 10.2 Å². The van der Waals surface area contributed by atoms with Gasteiger partial charge in [0, 0.05) is 24.7 Å². The quantitative estimate of drug-likeness (QED) is 0.645. The summed E-state index contributed by atoms with van der Waals surface area (Å²) in [4.78, 5) is 2.37. The average molecular weight is 216 g/mol. The first-order valence-corrected chi connectivity index (χ1v) is 6.03. The second-order valence-corrected chi connectivity index (χ2v) is 4.81. The molecule has 0 aromatic rings. The Kier molecular flexibility index (Phi) is 7.14. The predicted octanol–water partition coefficient (Wildman–Crippen LogP) is 1.47. The predicted molar refractivity (Wildman–Crippen MR) is 66.2 cm³/mol. The number of nitrogens with one attached hydrogen (secondary N) is 1. The molecule has 3 heteroatoms. The third-order valence-electron chi connectivity index (χ3n) is 3.36. The monoisotopic (exact) mass is 216 g/mol. The molecule has 0 aromatic carbocycles. The maximum Gasteiger partial charge on any atom is 0.0446 e. The molecule has 92 valence electrons. The van der Waals surface area contributed by atoms with Gasteiger partial charge >= 0.3 is 0 Å². The van der Waals surface area contributed by atoms with Crippen LogP contribution in [0.25, 0.3) is 0 Å². The first kappa shape index (κ1) is 14.9. The summed E-state index contributed by atoms with van der Waals surface area (Å²) in [6.45, 7) is 11.1. The zero-order valence-electron chi connectivity index (χ0n) is 11.0. The van der Waals surface area contributed by atoms with Crippen LogP contribution in [0, 0.1) is 0 Å². The van der Waals surface area contributed by atoms with Crippen molar-refractivity contribution in [3.8, 4) is 0 Å². The van der Waals surface area contributed by atoms with Crippen molar-refractivity contribution in [1.29, 1.82) is 0 Å². The first-order chi connectivity index (χ1) is 6.97. The molecule has 0 spiro atoms. The summed E-state index contributed by atoms with van der Waals surface area (Å²) in [7, 11) is 2.16. The molecule has 0 radical (unpaired) electrons. The van der Waals surface area contributed by atoms with Gasteiger partial charge in [-0.2, -0.15) is 0 Å². The molecule has 0 saturated carbocycles. The standard InChI is InChI=1S/C12H28N2O/c1-6-12(3,4)14(5)10-11(8-9-15)13-7-2/h11,13,15H,6-10H2,1-5H3. The van der Waals surface area contributed by atoms with Crippen molar-refractivity contribution in [2.75, 3.05) is 26.7 Å². The van der Waals surface area contributed by atoms with Gasteiger partial charge in [0.25, 0.3) is 0 Å². The lowest BCUT2D eigenvalue weighted by atomic mass is 9.99. The molecule has 0 aliphatic carbocycles. The largest absolute Gasteiger partial charge is 0.396 e. The number of aliphatic hydroxyl groups is 1. The van der Waals surface area contributed by atoms with Gasteiger partial charge in [-0.25, -0.2) is 0 Å². The Bertz CT molecular complexity index is 154. The highest BCUT2D eigenvalue weighted by Crippen LogP contribution is 2.16. The van der Waals surface area contributed by atoms with Crippen molar-refractivity contribution in [2.24, 2.45) is 0 Å². The van der Waals surface area contributed by atoms with E-state index in [1.807, 2.05) is 0 Å². The molecule has 0 aliphatic heterocycles. The van der Waals surface area contributed by atoms with Crippen molar-refractivity contribution in [3.63, 3.8) is 0 Å². The molecule has 2 N–H and O–H groups in total. The van der Waals surface area contributed by atoms with E-state index in [1.165, 1.54) is 0 Å². The lowest BCUT2D eigenvalue weighted by molar-refractivity contribution is 0.127. The van der Waals surface area contributed by atoms with Gasteiger partial charge in [-0.1, -0.05) is 13.8 Å². The minimum Gasteiger partial charge on any atom is -0.396 e. The molecule has 0 saturated heterocycles. The maximum absolute atomic E-state index is 8.98. The summed E-state index contributed by atoms with van der Waals surface area (Å²) < 4.78 is 0. The number of nitrogens with zero attached hydrogens (tertiary/aromatic N) is 1. The van der Waals surface area contributed by atoms with Gasteiger partial charge in [-0.15, -0.1) is 0 Å². The Morgan fingerprint density at radius 1 is 1.33 bits per heavy atom. The number of rotatable bonds is 8. The Hall–Kier alpha value is -0.120. The highest BCUT2D eigenvalue weighted by atomic mass is 16.3. The number of hydrogen-bond donors (Lipinski definition) is 2. The van der Waals surface area contributed by atoms with Crippen LogP contribution in [0.2, 0.25) is 0 Å². The minimum atomic E-state index is 0.239. The van der Waals surface area contributed by atoms with Crippen molar-refractivity contribution >= 4 is 0 Å². The van der Waals surface area contributed by atoms with Gasteiger partial charge in [-0.05, 0) is 40.3 Å². The van der Waals surface area contributed by atoms with Crippen LogP contribution >= 0.6 is 0 Å². The molecular weight excluding hydrogens is 188 g/mol. The van der Waals surface area contributed by atoms with E-state index in [9.17, 15) is 0 Å². The van der Waals surface area contributed by atoms with Gasteiger partial charge in [0.2, 0.25) is 0 Å². The summed E-state index contributed by atoms with van der Waals surface area (Å²) >= 11 is 0. The van der Waals surface area contributed by atoms with E-state index in [-0.39, 0.29) is 12.1 Å². The number of likely N-dealkylation sites (N-methyl/N-ethyl adjacent to an activating group) is 2. The second-order valence-electron chi connectivity index (χ2n) is 4.81. The van der Waals surface area contributed by atoms with E-state index in [0.29, 0.717) is 6.04 Å². The van der Waals surface area contributed by atoms with Crippen LogP contribution in [-0.4, -0.2) is 48.3 Å². The Morgan fingerprint density at radius 2 is 1.93 bits per heavy atom. The summed E-state index contributed by atoms with van der Waals surface area (Å²) in [6, 6.07) is 0.399. The average Bonchev–Trinajstić information content (AvgIpc) is 2.18. The van der Waals surface area contributed by atoms with Gasteiger partial charge in [-0.3, -0.25) is 4.90 Å². The number of hydrogen-bond acceptors (Lipinski definition) is 3. The molecule has 0 aliphatic rings. The van der Waals surface area contributed by atoms with Crippen molar-refractivity contribution in [2.45, 2.75) is 52.1 Å². The summed E-state index contributed by atoms with van der Waals surface area (Å²) in [5.74, 6) is 0. The van der Waals surface area contributed by atoms with Gasteiger partial charge in [0.1, 0.15) is 0 Å². The van der Waals surface area contributed by atoms with Gasteiger partial charge in [0.05, 0.1) is 0 Å². The van der Waals surface area contributed by atoms with E-state index >= 15 is 0 Å². The van der Waals surface area contributed by atoms with Gasteiger partial charge in [0.15, 0.2) is 0 Å². The zero-order valence-corrected chi connectivity index (χ0v) is 11.0. The molecule has 1 atom stereocenters. The third kappa shape index (κ3) is 5.50. The summed E-state index contributed by atoms with van der Waals surface area (Å²) in [5.41, 5.74) is 0.239. The topological polar surface area (TPSA) is 35.5 Å². The van der Waals surface area contributed by atoms with Crippen LogP contribution in [-0.2, 0) is 0 Å². The smallest absolute Gasteiger partial charge is 0.0446 e. The lowest BCUT2D eigenvalue weighted by Crippen LogP contribution is -2.48. The maximum atomic E-state index is 8.98. The first-order valence-electron chi connectivity index (χ1n) is 6.03. The molecule has 0 heterocycles. The Balaban J connectivity index is 4.14. The fourth-order valence-electron chi connectivity index (χ4n) is 1.55. The highest BCUT2D eigenvalue weighted by Gasteiger charge is 2.23. The fourth-order valence-corrected chi connectivity index (χ4v) is 1.55. The Morgan fingerprint density at radius 3 is 2.33 bits per heavy atom. The lowest BCUT2D eigenvalue weighted by Gasteiger charge is -2.37. The SMILES string of the molecule is CCNC(CCO)CN(C)C(C)(C)CC. The normalized spacial score (nSPS) is 14.6. The Labute approximate surface area is 94.9 Å². The third-order valence-corrected chi connectivity index (χ3v) is 3.36. The highest BCUT2D eigenvalue weighted by molar-refractivity contribution is 4.81. The minimum absolute atomic E-state index is 0.239. The van der Waals surface area contributed by atoms with E-state index in [4.69, 9.17) is 5.11 Å². The van der Waals surface area contributed by atoms with E-state index in [2.05, 4.69) is 45.0 Å². The van der Waals surface area contributed by atoms with E-state index in [1.54, 1.807) is 0 Å². The van der Waals surface area contributed by atoms with Crippen LogP contribution in [0.5, 0.6) is 0 Å².